The SMILES string of the molecule is Cc1ccc(N2CCN(c3ncnc4c3oc3ccccc34)CC2)cc1. The van der Waals surface area contributed by atoms with Crippen molar-refractivity contribution < 1.29 is 4.42 Å². The van der Waals surface area contributed by atoms with Crippen LogP contribution in [0.15, 0.2) is 59.3 Å². The van der Waals surface area contributed by atoms with Crippen LogP contribution in [0, 0.1) is 6.92 Å². The van der Waals surface area contributed by atoms with Gasteiger partial charge in [-0.1, -0.05) is 29.8 Å². The highest BCUT2D eigenvalue weighted by atomic mass is 16.3. The van der Waals surface area contributed by atoms with Gasteiger partial charge in [-0.3, -0.25) is 0 Å². The summed E-state index contributed by atoms with van der Waals surface area (Å²) in [5.41, 5.74) is 5.12. The smallest absolute Gasteiger partial charge is 0.196 e. The Balaban J connectivity index is 1.44. The second-order valence-corrected chi connectivity index (χ2v) is 6.78. The van der Waals surface area contributed by atoms with Gasteiger partial charge in [0.05, 0.1) is 0 Å². The lowest BCUT2D eigenvalue weighted by molar-refractivity contribution is 0.629. The van der Waals surface area contributed by atoms with Crippen molar-refractivity contribution in [3.63, 3.8) is 0 Å². The minimum atomic E-state index is 0.789. The van der Waals surface area contributed by atoms with Crippen molar-refractivity contribution in [2.45, 2.75) is 6.92 Å². The summed E-state index contributed by atoms with van der Waals surface area (Å²) in [6.07, 6.45) is 1.64. The van der Waals surface area contributed by atoms with Crippen LogP contribution < -0.4 is 9.80 Å². The highest BCUT2D eigenvalue weighted by Gasteiger charge is 2.22. The Morgan fingerprint density at radius 2 is 1.58 bits per heavy atom. The van der Waals surface area contributed by atoms with Gasteiger partial charge in [-0.2, -0.15) is 0 Å². The lowest BCUT2D eigenvalue weighted by Gasteiger charge is -2.36. The Morgan fingerprint density at radius 1 is 0.846 bits per heavy atom. The van der Waals surface area contributed by atoms with Crippen LogP contribution in [0.3, 0.4) is 0 Å². The first kappa shape index (κ1) is 15.2. The summed E-state index contributed by atoms with van der Waals surface area (Å²) in [5, 5.41) is 1.05. The Bertz CT molecular complexity index is 1060. The summed E-state index contributed by atoms with van der Waals surface area (Å²) >= 11 is 0. The summed E-state index contributed by atoms with van der Waals surface area (Å²) < 4.78 is 6.08. The summed E-state index contributed by atoms with van der Waals surface area (Å²) in [6, 6.07) is 16.8. The van der Waals surface area contributed by atoms with E-state index in [4.69, 9.17) is 4.42 Å². The molecule has 0 spiro atoms. The lowest BCUT2D eigenvalue weighted by atomic mass is 10.2. The van der Waals surface area contributed by atoms with Gasteiger partial charge in [-0.25, -0.2) is 9.97 Å². The van der Waals surface area contributed by atoms with E-state index >= 15 is 0 Å². The van der Waals surface area contributed by atoms with Crippen LogP contribution >= 0.6 is 0 Å². The zero-order chi connectivity index (χ0) is 17.5. The van der Waals surface area contributed by atoms with E-state index in [-0.39, 0.29) is 0 Å². The molecule has 1 aliphatic rings. The maximum absolute atomic E-state index is 6.08. The van der Waals surface area contributed by atoms with E-state index in [0.717, 1.165) is 54.1 Å². The van der Waals surface area contributed by atoms with Crippen LogP contribution in [0.5, 0.6) is 0 Å². The van der Waals surface area contributed by atoms with Gasteiger partial charge in [-0.15, -0.1) is 0 Å². The average molecular weight is 344 g/mol. The second-order valence-electron chi connectivity index (χ2n) is 6.78. The molecule has 1 saturated heterocycles. The molecular weight excluding hydrogens is 324 g/mol. The fourth-order valence-electron chi connectivity index (χ4n) is 3.67. The first-order valence-electron chi connectivity index (χ1n) is 8.98. The van der Waals surface area contributed by atoms with E-state index in [1.165, 1.54) is 11.3 Å². The number of furan rings is 1. The number of nitrogens with zero attached hydrogens (tertiary/aromatic N) is 4. The molecule has 0 bridgehead atoms. The summed E-state index contributed by atoms with van der Waals surface area (Å²) in [4.78, 5) is 13.7. The van der Waals surface area contributed by atoms with Gasteiger partial charge in [0.25, 0.3) is 0 Å². The largest absolute Gasteiger partial charge is 0.450 e. The maximum Gasteiger partial charge on any atom is 0.196 e. The van der Waals surface area contributed by atoms with Crippen molar-refractivity contribution in [2.75, 3.05) is 36.0 Å². The van der Waals surface area contributed by atoms with Crippen LogP contribution in [0.1, 0.15) is 5.56 Å². The van der Waals surface area contributed by atoms with Crippen LogP contribution in [-0.4, -0.2) is 36.1 Å². The predicted molar refractivity (Wildman–Crippen MR) is 105 cm³/mol. The molecule has 0 aliphatic carbocycles. The van der Waals surface area contributed by atoms with Gasteiger partial charge < -0.3 is 14.2 Å². The fraction of sp³-hybridized carbons (Fsp3) is 0.238. The number of hydrogen-bond acceptors (Lipinski definition) is 5. The number of para-hydroxylation sites is 1. The number of aromatic nitrogens is 2. The molecule has 4 aromatic rings. The quantitative estimate of drug-likeness (QED) is 0.550. The highest BCUT2D eigenvalue weighted by molar-refractivity contribution is 6.05. The van der Waals surface area contributed by atoms with Crippen LogP contribution in [0.2, 0.25) is 0 Å². The van der Waals surface area contributed by atoms with Crippen molar-refractivity contribution >= 4 is 33.6 Å². The molecule has 0 radical (unpaired) electrons. The Morgan fingerprint density at radius 3 is 2.38 bits per heavy atom. The van der Waals surface area contributed by atoms with E-state index < -0.39 is 0 Å². The molecule has 0 atom stereocenters. The number of anilines is 2. The highest BCUT2D eigenvalue weighted by Crippen LogP contribution is 2.32. The number of hydrogen-bond donors (Lipinski definition) is 0. The van der Waals surface area contributed by atoms with Gasteiger partial charge in [-0.05, 0) is 31.2 Å². The topological polar surface area (TPSA) is 45.4 Å². The molecule has 26 heavy (non-hydrogen) atoms. The average Bonchev–Trinajstić information content (AvgIpc) is 3.08. The van der Waals surface area contributed by atoms with E-state index in [0.29, 0.717) is 0 Å². The van der Waals surface area contributed by atoms with Crippen molar-refractivity contribution in [1.29, 1.82) is 0 Å². The van der Waals surface area contributed by atoms with E-state index in [1.54, 1.807) is 6.33 Å². The third-order valence-electron chi connectivity index (χ3n) is 5.12. The maximum atomic E-state index is 6.08. The zero-order valence-electron chi connectivity index (χ0n) is 14.7. The third kappa shape index (κ3) is 2.47. The van der Waals surface area contributed by atoms with Crippen molar-refractivity contribution in [2.24, 2.45) is 0 Å². The minimum Gasteiger partial charge on any atom is -0.450 e. The van der Waals surface area contributed by atoms with Crippen LogP contribution in [0.25, 0.3) is 22.1 Å². The minimum absolute atomic E-state index is 0.789. The van der Waals surface area contributed by atoms with Gasteiger partial charge in [0.15, 0.2) is 11.4 Å². The molecule has 5 nitrogen and oxygen atoms in total. The second kappa shape index (κ2) is 6.02. The van der Waals surface area contributed by atoms with E-state index in [9.17, 15) is 0 Å². The Hall–Kier alpha value is -3.08. The number of benzene rings is 2. The van der Waals surface area contributed by atoms with Crippen molar-refractivity contribution in [3.05, 3.63) is 60.4 Å². The van der Waals surface area contributed by atoms with Gasteiger partial charge in [0.1, 0.15) is 17.4 Å². The number of fused-ring (bicyclic) bond motifs is 3. The van der Waals surface area contributed by atoms with Crippen molar-refractivity contribution in [3.8, 4) is 0 Å². The van der Waals surface area contributed by atoms with E-state index in [1.807, 2.05) is 24.3 Å². The third-order valence-corrected chi connectivity index (χ3v) is 5.12. The molecule has 0 amide bonds. The zero-order valence-corrected chi connectivity index (χ0v) is 14.7. The van der Waals surface area contributed by atoms with Gasteiger partial charge >= 0.3 is 0 Å². The molecule has 3 heterocycles. The van der Waals surface area contributed by atoms with E-state index in [2.05, 4.69) is 51.0 Å². The van der Waals surface area contributed by atoms with Crippen LogP contribution in [0.4, 0.5) is 11.5 Å². The molecule has 5 heteroatoms. The monoisotopic (exact) mass is 344 g/mol. The molecule has 5 rings (SSSR count). The van der Waals surface area contributed by atoms with Gasteiger partial charge in [0.2, 0.25) is 0 Å². The first-order chi connectivity index (χ1) is 12.8. The Labute approximate surface area is 151 Å². The molecule has 2 aromatic heterocycles. The number of aryl methyl sites for hydroxylation is 1. The summed E-state index contributed by atoms with van der Waals surface area (Å²) in [7, 11) is 0. The molecule has 0 N–H and O–H groups in total. The fourth-order valence-corrected chi connectivity index (χ4v) is 3.67. The number of piperazine rings is 1. The number of rotatable bonds is 2. The predicted octanol–water partition coefficient (Wildman–Crippen LogP) is 4.01. The Kier molecular flexibility index (Phi) is 3.52. The van der Waals surface area contributed by atoms with Gasteiger partial charge in [0, 0.05) is 37.3 Å². The van der Waals surface area contributed by atoms with Crippen LogP contribution in [-0.2, 0) is 0 Å². The summed E-state index contributed by atoms with van der Waals surface area (Å²) in [5.74, 6) is 0.898. The molecular formula is C21H20N4O. The lowest BCUT2D eigenvalue weighted by Crippen LogP contribution is -2.46. The standard InChI is InChI=1S/C21H20N4O/c1-15-6-8-16(9-7-15)24-10-12-25(13-11-24)21-20-19(22-14-23-21)17-4-2-3-5-18(17)26-20/h2-9,14H,10-13H2,1H3. The molecule has 1 fully saturated rings. The molecule has 1 aliphatic heterocycles. The van der Waals surface area contributed by atoms with Crippen molar-refractivity contribution in [1.82, 2.24) is 9.97 Å². The molecule has 0 saturated carbocycles. The molecule has 2 aromatic carbocycles. The summed E-state index contributed by atoms with van der Waals surface area (Å²) in [6.45, 7) is 5.88. The normalized spacial score (nSPS) is 15.1. The molecule has 130 valence electrons. The molecule has 0 unspecified atom stereocenters. The first-order valence-corrected chi connectivity index (χ1v) is 8.98.